The van der Waals surface area contributed by atoms with Crippen molar-refractivity contribution in [1.82, 2.24) is 0 Å². The second kappa shape index (κ2) is 11.5. The third-order valence-corrected chi connectivity index (χ3v) is 4.23. The molecule has 154 valence electrons. The van der Waals surface area contributed by atoms with E-state index in [0.29, 0.717) is 18.0 Å². The van der Waals surface area contributed by atoms with E-state index in [1.165, 1.54) is 14.2 Å². The highest BCUT2D eigenvalue weighted by atomic mass is 16.5. The lowest BCUT2D eigenvalue weighted by atomic mass is 10.0. The average molecular weight is 397 g/mol. The second-order valence-electron chi connectivity index (χ2n) is 6.33. The summed E-state index contributed by atoms with van der Waals surface area (Å²) in [6, 6.07) is 15.5. The van der Waals surface area contributed by atoms with Gasteiger partial charge in [0.2, 0.25) is 0 Å². The minimum Gasteiger partial charge on any atom is -0.491 e. The average Bonchev–Trinajstić information content (AvgIpc) is 2.76. The zero-order valence-corrected chi connectivity index (χ0v) is 17.1. The summed E-state index contributed by atoms with van der Waals surface area (Å²) >= 11 is 0. The maximum absolute atomic E-state index is 12.1. The molecule has 0 aromatic heterocycles. The number of carbonyl (C=O) groups is 2. The van der Waals surface area contributed by atoms with Crippen LogP contribution in [0.15, 0.2) is 60.3 Å². The molecule has 0 heterocycles. The van der Waals surface area contributed by atoms with Crippen LogP contribution in [-0.2, 0) is 19.1 Å². The van der Waals surface area contributed by atoms with Crippen molar-refractivity contribution in [2.75, 3.05) is 26.1 Å². The summed E-state index contributed by atoms with van der Waals surface area (Å²) in [5.74, 6) is -0.763. The number of nitrogens with one attached hydrogen (secondary N) is 1. The monoisotopic (exact) mass is 397 g/mol. The molecule has 0 fully saturated rings. The van der Waals surface area contributed by atoms with Gasteiger partial charge in [-0.25, -0.2) is 9.59 Å². The van der Waals surface area contributed by atoms with Gasteiger partial charge in [-0.15, -0.1) is 0 Å². The quantitative estimate of drug-likeness (QED) is 0.360. The molecule has 0 aliphatic rings. The van der Waals surface area contributed by atoms with Gasteiger partial charge in [0.25, 0.3) is 0 Å². The molecule has 0 atom stereocenters. The van der Waals surface area contributed by atoms with E-state index < -0.39 is 11.9 Å². The van der Waals surface area contributed by atoms with Crippen molar-refractivity contribution in [3.8, 4) is 16.9 Å². The number of esters is 2. The standard InChI is InChI=1S/C23H27NO5/c1-4-5-9-14-29-21-13-12-18(17-10-7-6-8-11-17)15-19(21)24-20(23(26)28-3)16-22(25)27-2/h6-8,10-13,15-16,24H,4-5,9,14H2,1-3H3/b20-16+. The SMILES string of the molecule is CCCCCOc1ccc(-c2ccccc2)cc1N/C(=C/C(=O)OC)C(=O)OC. The van der Waals surface area contributed by atoms with E-state index >= 15 is 0 Å². The van der Waals surface area contributed by atoms with Crippen molar-refractivity contribution in [2.45, 2.75) is 26.2 Å². The summed E-state index contributed by atoms with van der Waals surface area (Å²) < 4.78 is 15.3. The van der Waals surface area contributed by atoms with Crippen molar-refractivity contribution in [3.63, 3.8) is 0 Å². The summed E-state index contributed by atoms with van der Waals surface area (Å²) in [7, 11) is 2.49. The lowest BCUT2D eigenvalue weighted by molar-refractivity contribution is -0.138. The Morgan fingerprint density at radius 3 is 2.38 bits per heavy atom. The van der Waals surface area contributed by atoms with Gasteiger partial charge in [0, 0.05) is 0 Å². The van der Waals surface area contributed by atoms with Gasteiger partial charge in [-0.3, -0.25) is 0 Å². The number of hydrogen-bond acceptors (Lipinski definition) is 6. The Bertz CT molecular complexity index is 846. The number of ether oxygens (including phenoxy) is 3. The number of benzene rings is 2. The number of hydrogen-bond donors (Lipinski definition) is 1. The highest BCUT2D eigenvalue weighted by molar-refractivity contribution is 5.99. The molecule has 6 nitrogen and oxygen atoms in total. The first-order valence-corrected chi connectivity index (χ1v) is 9.56. The molecule has 6 heteroatoms. The molecule has 0 spiro atoms. The van der Waals surface area contributed by atoms with E-state index in [2.05, 4.69) is 17.0 Å². The summed E-state index contributed by atoms with van der Waals surface area (Å²) in [4.78, 5) is 23.8. The molecule has 29 heavy (non-hydrogen) atoms. The fourth-order valence-electron chi connectivity index (χ4n) is 2.68. The van der Waals surface area contributed by atoms with Crippen LogP contribution in [0.5, 0.6) is 5.75 Å². The van der Waals surface area contributed by atoms with Crippen LogP contribution in [0.1, 0.15) is 26.2 Å². The molecular weight excluding hydrogens is 370 g/mol. The molecule has 0 saturated heterocycles. The molecule has 0 saturated carbocycles. The predicted molar refractivity (Wildman–Crippen MR) is 113 cm³/mol. The Labute approximate surface area is 171 Å². The van der Waals surface area contributed by atoms with E-state index in [0.717, 1.165) is 36.5 Å². The van der Waals surface area contributed by atoms with Gasteiger partial charge in [0.1, 0.15) is 11.4 Å². The zero-order chi connectivity index (χ0) is 21.1. The minimum atomic E-state index is -0.683. The molecule has 1 N–H and O–H groups in total. The van der Waals surface area contributed by atoms with Gasteiger partial charge in [0.15, 0.2) is 0 Å². The number of unbranched alkanes of at least 4 members (excludes halogenated alkanes) is 2. The van der Waals surface area contributed by atoms with E-state index in [-0.39, 0.29) is 5.70 Å². The lowest BCUT2D eigenvalue weighted by Gasteiger charge is -2.16. The van der Waals surface area contributed by atoms with Crippen molar-refractivity contribution < 1.29 is 23.8 Å². The van der Waals surface area contributed by atoms with Crippen molar-refractivity contribution in [1.29, 1.82) is 0 Å². The van der Waals surface area contributed by atoms with Crippen LogP contribution < -0.4 is 10.1 Å². The molecule has 2 rings (SSSR count). The molecule has 0 bridgehead atoms. The first-order chi connectivity index (χ1) is 14.1. The summed E-state index contributed by atoms with van der Waals surface area (Å²) in [5.41, 5.74) is 2.48. The molecule has 0 aliphatic heterocycles. The minimum absolute atomic E-state index is 0.0389. The highest BCUT2D eigenvalue weighted by Gasteiger charge is 2.16. The van der Waals surface area contributed by atoms with Crippen molar-refractivity contribution >= 4 is 17.6 Å². The maximum Gasteiger partial charge on any atom is 0.354 e. The Morgan fingerprint density at radius 1 is 0.966 bits per heavy atom. The van der Waals surface area contributed by atoms with E-state index in [4.69, 9.17) is 9.47 Å². The third kappa shape index (κ3) is 6.68. The first-order valence-electron chi connectivity index (χ1n) is 9.56. The van der Waals surface area contributed by atoms with Crippen LogP contribution in [0.25, 0.3) is 11.1 Å². The van der Waals surface area contributed by atoms with Gasteiger partial charge >= 0.3 is 11.9 Å². The molecular formula is C23H27NO5. The van der Waals surface area contributed by atoms with Crippen LogP contribution >= 0.6 is 0 Å². The van der Waals surface area contributed by atoms with Gasteiger partial charge in [0.05, 0.1) is 32.6 Å². The van der Waals surface area contributed by atoms with E-state index in [1.807, 2.05) is 48.5 Å². The van der Waals surface area contributed by atoms with Crippen molar-refractivity contribution in [3.05, 3.63) is 60.3 Å². The second-order valence-corrected chi connectivity index (χ2v) is 6.33. The number of methoxy groups -OCH3 is 2. The molecule has 0 aliphatic carbocycles. The normalized spacial score (nSPS) is 10.9. The number of carbonyl (C=O) groups excluding carboxylic acids is 2. The van der Waals surface area contributed by atoms with Crippen LogP contribution in [-0.4, -0.2) is 32.8 Å². The number of rotatable bonds is 10. The molecule has 0 radical (unpaired) electrons. The van der Waals surface area contributed by atoms with Crippen LogP contribution in [0.2, 0.25) is 0 Å². The molecule has 2 aromatic carbocycles. The van der Waals surface area contributed by atoms with Gasteiger partial charge in [-0.2, -0.15) is 0 Å². The topological polar surface area (TPSA) is 73.9 Å². The lowest BCUT2D eigenvalue weighted by Crippen LogP contribution is -2.16. The van der Waals surface area contributed by atoms with Gasteiger partial charge < -0.3 is 19.5 Å². The third-order valence-electron chi connectivity index (χ3n) is 4.23. The molecule has 0 unspecified atom stereocenters. The Morgan fingerprint density at radius 2 is 1.72 bits per heavy atom. The highest BCUT2D eigenvalue weighted by Crippen LogP contribution is 2.32. The smallest absolute Gasteiger partial charge is 0.354 e. The van der Waals surface area contributed by atoms with Crippen LogP contribution in [0.4, 0.5) is 5.69 Å². The Kier molecular flexibility index (Phi) is 8.76. The summed E-state index contributed by atoms with van der Waals surface area (Å²) in [6.07, 6.45) is 4.15. The van der Waals surface area contributed by atoms with Gasteiger partial charge in [-0.1, -0.05) is 56.2 Å². The van der Waals surface area contributed by atoms with E-state index in [1.54, 1.807) is 0 Å². The van der Waals surface area contributed by atoms with Crippen molar-refractivity contribution in [2.24, 2.45) is 0 Å². The fraction of sp³-hybridized carbons (Fsp3) is 0.304. The predicted octanol–water partition coefficient (Wildman–Crippen LogP) is 4.56. The number of anilines is 1. The Balaban J connectivity index is 2.38. The summed E-state index contributed by atoms with van der Waals surface area (Å²) in [6.45, 7) is 2.68. The van der Waals surface area contributed by atoms with Crippen LogP contribution in [0.3, 0.4) is 0 Å². The Hall–Kier alpha value is -3.28. The first kappa shape index (κ1) is 22.0. The summed E-state index contributed by atoms with van der Waals surface area (Å²) in [5, 5.41) is 2.98. The van der Waals surface area contributed by atoms with E-state index in [9.17, 15) is 9.59 Å². The zero-order valence-electron chi connectivity index (χ0n) is 17.1. The fourth-order valence-corrected chi connectivity index (χ4v) is 2.68. The van der Waals surface area contributed by atoms with Crippen LogP contribution in [0, 0.1) is 0 Å². The molecule has 0 amide bonds. The largest absolute Gasteiger partial charge is 0.491 e. The van der Waals surface area contributed by atoms with Gasteiger partial charge in [-0.05, 0) is 29.7 Å². The maximum atomic E-state index is 12.1. The molecule has 2 aromatic rings.